The molecule has 3 N–H and O–H groups in total. The maximum atomic E-state index is 12.3. The van der Waals surface area contributed by atoms with Crippen molar-refractivity contribution in [3.63, 3.8) is 0 Å². The molecule has 0 radical (unpaired) electrons. The summed E-state index contributed by atoms with van der Waals surface area (Å²) in [4.78, 5) is 16.2. The SMILES string of the molecule is COc1ccc2cc(C(=O)NC[C@](C)(O)c3cccs3)[nH]c2c1. The largest absolute Gasteiger partial charge is 0.497 e. The zero-order valence-electron chi connectivity index (χ0n) is 12.9. The first-order valence-corrected chi connectivity index (χ1v) is 8.09. The van der Waals surface area contributed by atoms with E-state index in [0.29, 0.717) is 5.69 Å². The second kappa shape index (κ2) is 6.06. The standard InChI is InChI=1S/C17H18N2O3S/c1-17(21,15-4-3-7-23-15)10-18-16(20)14-8-11-5-6-12(22-2)9-13(11)19-14/h3-9,19,21H,10H2,1-2H3,(H,18,20)/t17-/m0/s1. The van der Waals surface area contributed by atoms with Crippen LogP contribution in [0, 0.1) is 0 Å². The number of benzene rings is 1. The Morgan fingerprint density at radius 1 is 1.39 bits per heavy atom. The summed E-state index contributed by atoms with van der Waals surface area (Å²) in [6, 6.07) is 11.1. The Balaban J connectivity index is 1.73. The van der Waals surface area contributed by atoms with Gasteiger partial charge in [0.2, 0.25) is 0 Å². The molecule has 1 aromatic carbocycles. The predicted octanol–water partition coefficient (Wildman–Crippen LogP) is 2.88. The van der Waals surface area contributed by atoms with Crippen LogP contribution in [0.1, 0.15) is 22.3 Å². The number of amides is 1. The monoisotopic (exact) mass is 330 g/mol. The van der Waals surface area contributed by atoms with Crippen molar-refractivity contribution in [1.82, 2.24) is 10.3 Å². The van der Waals surface area contributed by atoms with Crippen LogP contribution in [0.3, 0.4) is 0 Å². The van der Waals surface area contributed by atoms with Crippen molar-refractivity contribution in [2.24, 2.45) is 0 Å². The van der Waals surface area contributed by atoms with E-state index in [-0.39, 0.29) is 12.5 Å². The Morgan fingerprint density at radius 2 is 2.22 bits per heavy atom. The number of carbonyl (C=O) groups excluding carboxylic acids is 1. The highest BCUT2D eigenvalue weighted by Crippen LogP contribution is 2.25. The van der Waals surface area contributed by atoms with Gasteiger partial charge in [-0.1, -0.05) is 6.07 Å². The average Bonchev–Trinajstić information content (AvgIpc) is 3.21. The number of ether oxygens (including phenoxy) is 1. The zero-order valence-corrected chi connectivity index (χ0v) is 13.7. The smallest absolute Gasteiger partial charge is 0.267 e. The van der Waals surface area contributed by atoms with Crippen LogP contribution in [-0.4, -0.2) is 29.7 Å². The van der Waals surface area contributed by atoms with Crippen molar-refractivity contribution < 1.29 is 14.6 Å². The van der Waals surface area contributed by atoms with Gasteiger partial charge in [-0.05, 0) is 36.6 Å². The Hall–Kier alpha value is -2.31. The molecule has 3 aromatic rings. The second-order valence-corrected chi connectivity index (χ2v) is 6.52. The van der Waals surface area contributed by atoms with Gasteiger partial charge >= 0.3 is 0 Å². The fourth-order valence-electron chi connectivity index (χ4n) is 2.38. The molecule has 0 spiro atoms. The molecule has 1 atom stereocenters. The molecular formula is C17H18N2O3S. The van der Waals surface area contributed by atoms with E-state index in [1.54, 1.807) is 20.1 Å². The fourth-order valence-corrected chi connectivity index (χ4v) is 3.16. The number of hydrogen-bond donors (Lipinski definition) is 3. The van der Waals surface area contributed by atoms with Crippen LogP contribution in [0.25, 0.3) is 10.9 Å². The first-order valence-electron chi connectivity index (χ1n) is 7.21. The molecule has 2 heterocycles. The molecule has 0 unspecified atom stereocenters. The third-order valence-electron chi connectivity index (χ3n) is 3.72. The predicted molar refractivity (Wildman–Crippen MR) is 91.1 cm³/mol. The Bertz CT molecular complexity index is 822. The number of nitrogens with one attached hydrogen (secondary N) is 2. The normalized spacial score (nSPS) is 13.7. The van der Waals surface area contributed by atoms with Gasteiger partial charge in [0.1, 0.15) is 17.0 Å². The van der Waals surface area contributed by atoms with Crippen LogP contribution in [0.5, 0.6) is 5.75 Å². The van der Waals surface area contributed by atoms with Crippen LogP contribution in [0.15, 0.2) is 41.8 Å². The average molecular weight is 330 g/mol. The molecule has 0 aliphatic heterocycles. The van der Waals surface area contributed by atoms with Crippen LogP contribution >= 0.6 is 11.3 Å². The van der Waals surface area contributed by atoms with E-state index >= 15 is 0 Å². The number of aliphatic hydroxyl groups is 1. The third kappa shape index (κ3) is 3.23. The number of aromatic amines is 1. The number of aromatic nitrogens is 1. The Kier molecular flexibility index (Phi) is 4.11. The lowest BCUT2D eigenvalue weighted by Gasteiger charge is -2.22. The van der Waals surface area contributed by atoms with E-state index in [4.69, 9.17) is 4.74 Å². The van der Waals surface area contributed by atoms with E-state index in [1.807, 2.05) is 35.7 Å². The van der Waals surface area contributed by atoms with E-state index in [2.05, 4.69) is 10.3 Å². The highest BCUT2D eigenvalue weighted by Gasteiger charge is 2.25. The molecule has 0 saturated carbocycles. The maximum Gasteiger partial charge on any atom is 0.267 e. The summed E-state index contributed by atoms with van der Waals surface area (Å²) in [5, 5.41) is 16.1. The Labute approximate surface area is 137 Å². The summed E-state index contributed by atoms with van der Waals surface area (Å²) in [7, 11) is 1.60. The molecule has 6 heteroatoms. The first-order chi connectivity index (χ1) is 11.0. The number of rotatable bonds is 5. The number of methoxy groups -OCH3 is 1. The van der Waals surface area contributed by atoms with Gasteiger partial charge in [-0.2, -0.15) is 0 Å². The topological polar surface area (TPSA) is 74.3 Å². The molecule has 120 valence electrons. The molecule has 2 aromatic heterocycles. The quantitative estimate of drug-likeness (QED) is 0.673. The van der Waals surface area contributed by atoms with Crippen molar-refractivity contribution in [1.29, 1.82) is 0 Å². The van der Waals surface area contributed by atoms with Gasteiger partial charge in [0.05, 0.1) is 13.7 Å². The molecule has 23 heavy (non-hydrogen) atoms. The number of thiophene rings is 1. The summed E-state index contributed by atoms with van der Waals surface area (Å²) in [5.41, 5.74) is 0.203. The van der Waals surface area contributed by atoms with Crippen LogP contribution in [-0.2, 0) is 5.60 Å². The lowest BCUT2D eigenvalue weighted by Crippen LogP contribution is -2.38. The van der Waals surface area contributed by atoms with Gasteiger partial charge in [-0.15, -0.1) is 11.3 Å². The van der Waals surface area contributed by atoms with Crippen molar-refractivity contribution in [2.75, 3.05) is 13.7 Å². The Morgan fingerprint density at radius 3 is 2.91 bits per heavy atom. The number of carbonyl (C=O) groups is 1. The van der Waals surface area contributed by atoms with Crippen molar-refractivity contribution >= 4 is 28.1 Å². The van der Waals surface area contributed by atoms with Gasteiger partial charge in [0.25, 0.3) is 5.91 Å². The summed E-state index contributed by atoms with van der Waals surface area (Å²) in [6.07, 6.45) is 0. The molecule has 0 saturated heterocycles. The lowest BCUT2D eigenvalue weighted by molar-refractivity contribution is 0.0555. The first kappa shape index (κ1) is 15.6. The summed E-state index contributed by atoms with van der Waals surface area (Å²) in [5.74, 6) is 0.476. The molecular weight excluding hydrogens is 312 g/mol. The van der Waals surface area contributed by atoms with Crippen molar-refractivity contribution in [3.8, 4) is 5.75 Å². The van der Waals surface area contributed by atoms with Gasteiger partial charge in [-0.3, -0.25) is 4.79 Å². The highest BCUT2D eigenvalue weighted by atomic mass is 32.1. The van der Waals surface area contributed by atoms with Gasteiger partial charge in [-0.25, -0.2) is 0 Å². The van der Waals surface area contributed by atoms with E-state index in [0.717, 1.165) is 21.5 Å². The van der Waals surface area contributed by atoms with Crippen molar-refractivity contribution in [3.05, 3.63) is 52.3 Å². The van der Waals surface area contributed by atoms with E-state index < -0.39 is 5.60 Å². The number of fused-ring (bicyclic) bond motifs is 1. The van der Waals surface area contributed by atoms with Gasteiger partial charge in [0, 0.05) is 21.8 Å². The number of hydrogen-bond acceptors (Lipinski definition) is 4. The fraction of sp³-hybridized carbons (Fsp3) is 0.235. The van der Waals surface area contributed by atoms with Crippen LogP contribution in [0.4, 0.5) is 0 Å². The molecule has 0 fully saturated rings. The van der Waals surface area contributed by atoms with Crippen molar-refractivity contribution in [2.45, 2.75) is 12.5 Å². The summed E-state index contributed by atoms with van der Waals surface area (Å²) >= 11 is 1.46. The highest BCUT2D eigenvalue weighted by molar-refractivity contribution is 7.10. The second-order valence-electron chi connectivity index (χ2n) is 5.57. The number of H-pyrrole nitrogens is 1. The minimum Gasteiger partial charge on any atom is -0.497 e. The molecule has 0 aliphatic carbocycles. The minimum atomic E-state index is -1.08. The molecule has 5 nitrogen and oxygen atoms in total. The van der Waals surface area contributed by atoms with E-state index in [1.165, 1.54) is 11.3 Å². The molecule has 3 rings (SSSR count). The lowest BCUT2D eigenvalue weighted by atomic mass is 10.1. The van der Waals surface area contributed by atoms with E-state index in [9.17, 15) is 9.90 Å². The van der Waals surface area contributed by atoms with Crippen LogP contribution in [0.2, 0.25) is 0 Å². The molecule has 0 bridgehead atoms. The molecule has 1 amide bonds. The summed E-state index contributed by atoms with van der Waals surface area (Å²) < 4.78 is 5.17. The summed E-state index contributed by atoms with van der Waals surface area (Å²) in [6.45, 7) is 1.83. The minimum absolute atomic E-state index is 0.144. The van der Waals surface area contributed by atoms with Gasteiger partial charge in [0.15, 0.2) is 0 Å². The third-order valence-corrected chi connectivity index (χ3v) is 4.84. The van der Waals surface area contributed by atoms with Gasteiger partial charge < -0.3 is 20.1 Å². The molecule has 0 aliphatic rings. The van der Waals surface area contributed by atoms with Crippen LogP contribution < -0.4 is 10.1 Å². The zero-order chi connectivity index (χ0) is 16.4. The maximum absolute atomic E-state index is 12.3.